The number of rotatable bonds is 6. The quantitative estimate of drug-likeness (QED) is 0.757. The van der Waals surface area contributed by atoms with Gasteiger partial charge in [0.15, 0.2) is 0 Å². The summed E-state index contributed by atoms with van der Waals surface area (Å²) in [6.07, 6.45) is 0.230. The molecule has 0 saturated heterocycles. The highest BCUT2D eigenvalue weighted by atomic mass is 35.5. The van der Waals surface area contributed by atoms with E-state index in [4.69, 9.17) is 33.2 Å². The molecule has 0 aliphatic carbocycles. The van der Waals surface area contributed by atoms with Crippen molar-refractivity contribution in [3.63, 3.8) is 0 Å². The minimum atomic E-state index is -0.361. The minimum absolute atomic E-state index is 0.0863. The Balaban J connectivity index is 2.91. The number of pyridine rings is 1. The monoisotopic (exact) mass is 301 g/mol. The van der Waals surface area contributed by atoms with Crippen molar-refractivity contribution in [1.82, 2.24) is 9.88 Å². The fourth-order valence-corrected chi connectivity index (χ4v) is 1.75. The molecule has 0 bridgehead atoms. The summed E-state index contributed by atoms with van der Waals surface area (Å²) in [5.74, 6) is -0.361. The van der Waals surface area contributed by atoms with Gasteiger partial charge in [0, 0.05) is 20.2 Å². The summed E-state index contributed by atoms with van der Waals surface area (Å²) >= 11 is 11.7. The molecule has 0 atom stereocenters. The van der Waals surface area contributed by atoms with Gasteiger partial charge >= 0.3 is 0 Å². The zero-order chi connectivity index (χ0) is 14.3. The standard InChI is InChI=1S/C12H13Cl2N3O2/c1-19-8-7-17(6-2-5-15)12(18)11-9(13)3-4-10(14)16-11/h3-4H,2,6-8H2,1H3. The van der Waals surface area contributed by atoms with Crippen LogP contribution in [0.15, 0.2) is 12.1 Å². The first-order chi connectivity index (χ1) is 9.10. The number of carbonyl (C=O) groups is 1. The number of amides is 1. The Morgan fingerprint density at radius 3 is 2.84 bits per heavy atom. The molecular weight excluding hydrogens is 289 g/mol. The summed E-state index contributed by atoms with van der Waals surface area (Å²) in [5, 5.41) is 9.03. The van der Waals surface area contributed by atoms with E-state index in [1.165, 1.54) is 24.1 Å². The number of methoxy groups -OCH3 is 1. The van der Waals surface area contributed by atoms with Crippen molar-refractivity contribution in [2.24, 2.45) is 0 Å². The average Bonchev–Trinajstić information content (AvgIpc) is 2.41. The van der Waals surface area contributed by atoms with E-state index < -0.39 is 0 Å². The molecule has 0 aliphatic rings. The topological polar surface area (TPSA) is 66.2 Å². The maximum Gasteiger partial charge on any atom is 0.274 e. The van der Waals surface area contributed by atoms with Gasteiger partial charge in [0.25, 0.3) is 5.91 Å². The second kappa shape index (κ2) is 7.95. The zero-order valence-electron chi connectivity index (χ0n) is 10.4. The van der Waals surface area contributed by atoms with Gasteiger partial charge in [0.2, 0.25) is 0 Å². The van der Waals surface area contributed by atoms with Crippen LogP contribution in [0.5, 0.6) is 0 Å². The van der Waals surface area contributed by atoms with Gasteiger partial charge in [-0.3, -0.25) is 4.79 Å². The molecule has 0 radical (unpaired) electrons. The lowest BCUT2D eigenvalue weighted by Gasteiger charge is -2.21. The Morgan fingerprint density at radius 2 is 2.21 bits per heavy atom. The van der Waals surface area contributed by atoms with Crippen LogP contribution in [0.4, 0.5) is 0 Å². The number of aromatic nitrogens is 1. The number of nitrogens with zero attached hydrogens (tertiary/aromatic N) is 3. The van der Waals surface area contributed by atoms with Crippen molar-refractivity contribution >= 4 is 29.1 Å². The molecule has 1 amide bonds. The highest BCUT2D eigenvalue weighted by Gasteiger charge is 2.20. The van der Waals surface area contributed by atoms with Crippen LogP contribution in [0.1, 0.15) is 16.9 Å². The van der Waals surface area contributed by atoms with E-state index in [-0.39, 0.29) is 28.2 Å². The van der Waals surface area contributed by atoms with Crippen LogP contribution in [0.3, 0.4) is 0 Å². The van der Waals surface area contributed by atoms with Gasteiger partial charge in [-0.25, -0.2) is 4.98 Å². The predicted octanol–water partition coefficient (Wildman–Crippen LogP) is 2.39. The Kier molecular flexibility index (Phi) is 6.57. The first kappa shape index (κ1) is 15.7. The molecule has 1 aromatic heterocycles. The van der Waals surface area contributed by atoms with Gasteiger partial charge in [-0.2, -0.15) is 5.26 Å². The lowest BCUT2D eigenvalue weighted by Crippen LogP contribution is -2.35. The Morgan fingerprint density at radius 1 is 1.47 bits per heavy atom. The van der Waals surface area contributed by atoms with Gasteiger partial charge in [-0.05, 0) is 12.1 Å². The van der Waals surface area contributed by atoms with E-state index in [0.717, 1.165) is 0 Å². The number of carbonyl (C=O) groups excluding carboxylic acids is 1. The summed E-state index contributed by atoms with van der Waals surface area (Å²) in [7, 11) is 1.54. The van der Waals surface area contributed by atoms with Gasteiger partial charge in [0.05, 0.1) is 24.1 Å². The first-order valence-corrected chi connectivity index (χ1v) is 6.33. The number of hydrogen-bond acceptors (Lipinski definition) is 4. The molecule has 0 spiro atoms. The van der Waals surface area contributed by atoms with Crippen LogP contribution >= 0.6 is 23.2 Å². The molecule has 102 valence electrons. The van der Waals surface area contributed by atoms with E-state index in [9.17, 15) is 4.79 Å². The van der Waals surface area contributed by atoms with Crippen LogP contribution in [-0.2, 0) is 4.74 Å². The number of halogens is 2. The Labute approximate surface area is 121 Å². The van der Waals surface area contributed by atoms with Gasteiger partial charge in [-0.1, -0.05) is 23.2 Å². The van der Waals surface area contributed by atoms with Crippen LogP contribution in [0, 0.1) is 11.3 Å². The lowest BCUT2D eigenvalue weighted by atomic mass is 10.3. The fourth-order valence-electron chi connectivity index (χ4n) is 1.42. The van der Waals surface area contributed by atoms with E-state index in [1.54, 1.807) is 0 Å². The summed E-state index contributed by atoms with van der Waals surface area (Å²) in [5.41, 5.74) is 0.0863. The second-order valence-electron chi connectivity index (χ2n) is 3.66. The number of ether oxygens (including phenoxy) is 1. The molecule has 0 aliphatic heterocycles. The molecule has 7 heteroatoms. The summed E-state index contributed by atoms with van der Waals surface area (Å²) < 4.78 is 4.94. The summed E-state index contributed by atoms with van der Waals surface area (Å²) in [4.78, 5) is 17.7. The molecule has 0 aromatic carbocycles. The van der Waals surface area contributed by atoms with Gasteiger partial charge < -0.3 is 9.64 Å². The molecule has 1 heterocycles. The third-order valence-electron chi connectivity index (χ3n) is 2.36. The van der Waals surface area contributed by atoms with Crippen molar-refractivity contribution in [3.8, 4) is 6.07 Å². The van der Waals surface area contributed by atoms with Gasteiger partial charge in [-0.15, -0.1) is 0 Å². The molecule has 5 nitrogen and oxygen atoms in total. The summed E-state index contributed by atoms with van der Waals surface area (Å²) in [6, 6.07) is 5.02. The predicted molar refractivity (Wildman–Crippen MR) is 72.3 cm³/mol. The van der Waals surface area contributed by atoms with Crippen molar-refractivity contribution in [2.75, 3.05) is 26.8 Å². The largest absolute Gasteiger partial charge is 0.383 e. The average molecular weight is 302 g/mol. The van der Waals surface area contributed by atoms with Crippen LogP contribution in [0.25, 0.3) is 0 Å². The van der Waals surface area contributed by atoms with Crippen LogP contribution in [-0.4, -0.2) is 42.6 Å². The van der Waals surface area contributed by atoms with Crippen LogP contribution in [0.2, 0.25) is 10.2 Å². The molecule has 0 N–H and O–H groups in total. The maximum atomic E-state index is 12.3. The molecule has 1 aromatic rings. The second-order valence-corrected chi connectivity index (χ2v) is 4.45. The van der Waals surface area contributed by atoms with Crippen molar-refractivity contribution in [2.45, 2.75) is 6.42 Å². The minimum Gasteiger partial charge on any atom is -0.383 e. The maximum absolute atomic E-state index is 12.3. The van der Waals surface area contributed by atoms with E-state index in [0.29, 0.717) is 19.7 Å². The lowest BCUT2D eigenvalue weighted by molar-refractivity contribution is 0.0694. The molecule has 1 rings (SSSR count). The number of hydrogen-bond donors (Lipinski definition) is 0. The molecular formula is C12H13Cl2N3O2. The van der Waals surface area contributed by atoms with E-state index in [1.807, 2.05) is 6.07 Å². The van der Waals surface area contributed by atoms with Crippen molar-refractivity contribution in [1.29, 1.82) is 5.26 Å². The Hall–Kier alpha value is -1.35. The van der Waals surface area contributed by atoms with Crippen LogP contribution < -0.4 is 0 Å². The Bertz CT molecular complexity index is 488. The number of nitriles is 1. The first-order valence-electron chi connectivity index (χ1n) is 5.57. The molecule has 0 saturated carbocycles. The highest BCUT2D eigenvalue weighted by Crippen LogP contribution is 2.18. The fraction of sp³-hybridized carbons (Fsp3) is 0.417. The SMILES string of the molecule is COCCN(CCC#N)C(=O)c1nc(Cl)ccc1Cl. The van der Waals surface area contributed by atoms with Crippen molar-refractivity contribution in [3.05, 3.63) is 28.0 Å². The normalized spacial score (nSPS) is 10.0. The van der Waals surface area contributed by atoms with Gasteiger partial charge in [0.1, 0.15) is 10.8 Å². The van der Waals surface area contributed by atoms with E-state index in [2.05, 4.69) is 4.98 Å². The summed E-state index contributed by atoms with van der Waals surface area (Å²) in [6.45, 7) is 1.03. The molecule has 0 unspecified atom stereocenters. The molecule has 0 fully saturated rings. The molecule has 19 heavy (non-hydrogen) atoms. The third-order valence-corrected chi connectivity index (χ3v) is 2.88. The highest BCUT2D eigenvalue weighted by molar-refractivity contribution is 6.34. The third kappa shape index (κ3) is 4.67. The zero-order valence-corrected chi connectivity index (χ0v) is 11.9. The van der Waals surface area contributed by atoms with Crippen molar-refractivity contribution < 1.29 is 9.53 Å². The smallest absolute Gasteiger partial charge is 0.274 e. The van der Waals surface area contributed by atoms with E-state index >= 15 is 0 Å².